The van der Waals surface area contributed by atoms with Gasteiger partial charge in [0.2, 0.25) is 5.91 Å². The molecule has 0 bridgehead atoms. The first kappa shape index (κ1) is 14.5. The Labute approximate surface area is 120 Å². The van der Waals surface area contributed by atoms with Gasteiger partial charge in [-0.15, -0.1) is 0 Å². The van der Waals surface area contributed by atoms with Gasteiger partial charge in [-0.1, -0.05) is 45.9 Å². The van der Waals surface area contributed by atoms with Crippen LogP contribution in [-0.2, 0) is 4.79 Å². The molecule has 0 radical (unpaired) electrons. The van der Waals surface area contributed by atoms with E-state index in [2.05, 4.69) is 31.1 Å². The SMILES string of the molecule is CCC(C)(C(=O)Nc1cccc2cccnc12)C(C)C. The highest BCUT2D eigenvalue weighted by molar-refractivity contribution is 6.02. The van der Waals surface area contributed by atoms with Crippen LogP contribution in [-0.4, -0.2) is 10.9 Å². The molecule has 20 heavy (non-hydrogen) atoms. The molecule has 3 nitrogen and oxygen atoms in total. The number of carbonyl (C=O) groups is 1. The molecule has 2 aromatic rings. The van der Waals surface area contributed by atoms with E-state index in [0.29, 0.717) is 0 Å². The second-order valence-corrected chi connectivity index (χ2v) is 5.76. The number of fused-ring (bicyclic) bond motifs is 1. The zero-order valence-corrected chi connectivity index (χ0v) is 12.6. The third-order valence-corrected chi connectivity index (χ3v) is 4.41. The lowest BCUT2D eigenvalue weighted by atomic mass is 9.76. The van der Waals surface area contributed by atoms with E-state index in [9.17, 15) is 4.79 Å². The van der Waals surface area contributed by atoms with Crippen molar-refractivity contribution >= 4 is 22.5 Å². The number of para-hydroxylation sites is 1. The standard InChI is InChI=1S/C17H22N2O/c1-5-17(4,12(2)3)16(20)19-14-10-6-8-13-9-7-11-18-15(13)14/h6-12H,5H2,1-4H3,(H,19,20). The van der Waals surface area contributed by atoms with Gasteiger partial charge in [-0.3, -0.25) is 9.78 Å². The number of anilines is 1. The highest BCUT2D eigenvalue weighted by atomic mass is 16.2. The van der Waals surface area contributed by atoms with Crippen LogP contribution in [0.15, 0.2) is 36.5 Å². The van der Waals surface area contributed by atoms with E-state index in [-0.39, 0.29) is 17.2 Å². The maximum atomic E-state index is 12.6. The molecule has 1 aromatic heterocycles. The van der Waals surface area contributed by atoms with Gasteiger partial charge in [0.15, 0.2) is 0 Å². The van der Waals surface area contributed by atoms with Crippen molar-refractivity contribution in [3.63, 3.8) is 0 Å². The van der Waals surface area contributed by atoms with E-state index in [1.807, 2.05) is 37.3 Å². The van der Waals surface area contributed by atoms with Crippen molar-refractivity contribution in [1.82, 2.24) is 4.98 Å². The highest BCUT2D eigenvalue weighted by Gasteiger charge is 2.34. The van der Waals surface area contributed by atoms with Crippen LogP contribution in [0.5, 0.6) is 0 Å². The summed E-state index contributed by atoms with van der Waals surface area (Å²) in [5.74, 6) is 0.351. The molecule has 0 aliphatic carbocycles. The Balaban J connectivity index is 2.35. The van der Waals surface area contributed by atoms with E-state index in [0.717, 1.165) is 23.0 Å². The van der Waals surface area contributed by atoms with E-state index in [4.69, 9.17) is 0 Å². The molecule has 1 heterocycles. The maximum absolute atomic E-state index is 12.6. The predicted octanol–water partition coefficient (Wildman–Crippen LogP) is 4.25. The zero-order chi connectivity index (χ0) is 14.8. The average Bonchev–Trinajstić information content (AvgIpc) is 2.46. The van der Waals surface area contributed by atoms with E-state index < -0.39 is 0 Å². The molecular formula is C17H22N2O. The van der Waals surface area contributed by atoms with Crippen molar-refractivity contribution in [2.75, 3.05) is 5.32 Å². The van der Waals surface area contributed by atoms with Crippen LogP contribution in [0.3, 0.4) is 0 Å². The molecule has 0 aliphatic rings. The Hall–Kier alpha value is -1.90. The van der Waals surface area contributed by atoms with Gasteiger partial charge in [-0.05, 0) is 24.5 Å². The summed E-state index contributed by atoms with van der Waals surface area (Å²) in [6.45, 7) is 8.25. The summed E-state index contributed by atoms with van der Waals surface area (Å²) in [6, 6.07) is 9.75. The van der Waals surface area contributed by atoms with Gasteiger partial charge in [0.1, 0.15) is 0 Å². The number of aromatic nitrogens is 1. The smallest absolute Gasteiger partial charge is 0.230 e. The molecule has 1 unspecified atom stereocenters. The Morgan fingerprint density at radius 3 is 2.65 bits per heavy atom. The molecule has 0 fully saturated rings. The lowest BCUT2D eigenvalue weighted by Crippen LogP contribution is -2.37. The second kappa shape index (κ2) is 5.61. The fraction of sp³-hybridized carbons (Fsp3) is 0.412. The summed E-state index contributed by atoms with van der Waals surface area (Å²) >= 11 is 0. The lowest BCUT2D eigenvalue weighted by molar-refractivity contribution is -0.127. The minimum Gasteiger partial charge on any atom is -0.324 e. The molecule has 0 saturated carbocycles. The van der Waals surface area contributed by atoms with Crippen LogP contribution in [0.1, 0.15) is 34.1 Å². The van der Waals surface area contributed by atoms with Gasteiger partial charge in [0.25, 0.3) is 0 Å². The Morgan fingerprint density at radius 2 is 2.00 bits per heavy atom. The van der Waals surface area contributed by atoms with Crippen molar-refractivity contribution in [1.29, 1.82) is 0 Å². The van der Waals surface area contributed by atoms with Gasteiger partial charge in [0.05, 0.1) is 11.2 Å². The lowest BCUT2D eigenvalue weighted by Gasteiger charge is -2.31. The summed E-state index contributed by atoms with van der Waals surface area (Å²) in [7, 11) is 0. The number of hydrogen-bond acceptors (Lipinski definition) is 2. The van der Waals surface area contributed by atoms with E-state index >= 15 is 0 Å². The van der Waals surface area contributed by atoms with Gasteiger partial charge in [-0.2, -0.15) is 0 Å². The fourth-order valence-electron chi connectivity index (χ4n) is 2.30. The highest BCUT2D eigenvalue weighted by Crippen LogP contribution is 2.33. The molecule has 0 saturated heterocycles. The zero-order valence-electron chi connectivity index (χ0n) is 12.6. The Bertz CT molecular complexity index is 616. The minimum absolute atomic E-state index is 0.0631. The monoisotopic (exact) mass is 270 g/mol. The quantitative estimate of drug-likeness (QED) is 0.902. The first-order chi connectivity index (χ1) is 9.49. The molecular weight excluding hydrogens is 248 g/mol. The predicted molar refractivity (Wildman–Crippen MR) is 83.6 cm³/mol. The van der Waals surface area contributed by atoms with E-state index in [1.165, 1.54) is 0 Å². The average molecular weight is 270 g/mol. The van der Waals surface area contributed by atoms with Gasteiger partial charge in [0, 0.05) is 17.0 Å². The van der Waals surface area contributed by atoms with Crippen molar-refractivity contribution in [2.24, 2.45) is 11.3 Å². The molecule has 2 rings (SSSR count). The number of pyridine rings is 1. The van der Waals surface area contributed by atoms with Crippen LogP contribution < -0.4 is 5.32 Å². The fourth-order valence-corrected chi connectivity index (χ4v) is 2.30. The topological polar surface area (TPSA) is 42.0 Å². The normalized spacial score (nSPS) is 14.2. The summed E-state index contributed by atoms with van der Waals surface area (Å²) in [5, 5.41) is 4.09. The number of nitrogens with zero attached hydrogens (tertiary/aromatic N) is 1. The second-order valence-electron chi connectivity index (χ2n) is 5.76. The summed E-state index contributed by atoms with van der Waals surface area (Å²) in [4.78, 5) is 17.0. The van der Waals surface area contributed by atoms with Crippen LogP contribution in [0.25, 0.3) is 10.9 Å². The maximum Gasteiger partial charge on any atom is 0.230 e. The molecule has 3 heteroatoms. The van der Waals surface area contributed by atoms with Gasteiger partial charge in [-0.25, -0.2) is 0 Å². The number of hydrogen-bond donors (Lipinski definition) is 1. The molecule has 1 aromatic carbocycles. The third kappa shape index (κ3) is 2.53. The third-order valence-electron chi connectivity index (χ3n) is 4.41. The van der Waals surface area contributed by atoms with Crippen molar-refractivity contribution in [2.45, 2.75) is 34.1 Å². The Kier molecular flexibility index (Phi) is 4.07. The van der Waals surface area contributed by atoms with E-state index in [1.54, 1.807) is 6.20 Å². The molecule has 0 spiro atoms. The van der Waals surface area contributed by atoms with Gasteiger partial charge >= 0.3 is 0 Å². The molecule has 1 amide bonds. The van der Waals surface area contributed by atoms with Crippen LogP contribution in [0, 0.1) is 11.3 Å². The summed E-state index contributed by atoms with van der Waals surface area (Å²) in [5.41, 5.74) is 1.26. The number of benzene rings is 1. The first-order valence-electron chi connectivity index (χ1n) is 7.14. The molecule has 1 N–H and O–H groups in total. The molecule has 0 aliphatic heterocycles. The number of rotatable bonds is 4. The van der Waals surface area contributed by atoms with Crippen LogP contribution in [0.2, 0.25) is 0 Å². The largest absolute Gasteiger partial charge is 0.324 e. The first-order valence-corrected chi connectivity index (χ1v) is 7.14. The summed E-state index contributed by atoms with van der Waals surface area (Å²) in [6.07, 6.45) is 2.56. The summed E-state index contributed by atoms with van der Waals surface area (Å²) < 4.78 is 0. The van der Waals surface area contributed by atoms with Crippen molar-refractivity contribution < 1.29 is 4.79 Å². The van der Waals surface area contributed by atoms with Crippen LogP contribution in [0.4, 0.5) is 5.69 Å². The molecule has 1 atom stereocenters. The minimum atomic E-state index is -0.364. The Morgan fingerprint density at radius 1 is 1.30 bits per heavy atom. The van der Waals surface area contributed by atoms with Crippen molar-refractivity contribution in [3.05, 3.63) is 36.5 Å². The number of nitrogens with one attached hydrogen (secondary N) is 1. The van der Waals surface area contributed by atoms with Gasteiger partial charge < -0.3 is 5.32 Å². The number of amides is 1. The number of carbonyl (C=O) groups excluding carboxylic acids is 1. The van der Waals surface area contributed by atoms with Crippen LogP contribution >= 0.6 is 0 Å². The van der Waals surface area contributed by atoms with Crippen molar-refractivity contribution in [3.8, 4) is 0 Å². The molecule has 106 valence electrons.